The molecule has 0 spiro atoms. The fourth-order valence-corrected chi connectivity index (χ4v) is 3.52. The zero-order chi connectivity index (χ0) is 20.5. The Hall–Kier alpha value is -2.82. The topological polar surface area (TPSA) is 58.6 Å². The van der Waals surface area contributed by atoms with Crippen LogP contribution in [0.3, 0.4) is 0 Å². The van der Waals surface area contributed by atoms with Crippen LogP contribution in [0.15, 0.2) is 48.5 Å². The monoisotopic (exact) mass is 394 g/mol. The Morgan fingerprint density at radius 1 is 1.00 bits per heavy atom. The lowest BCUT2D eigenvalue weighted by Crippen LogP contribution is -2.35. The normalized spacial score (nSPS) is 13.8. The van der Waals surface area contributed by atoms with Crippen LogP contribution >= 0.6 is 0 Å². The number of unbranched alkanes of at least 4 members (excludes halogenated alkanes) is 2. The predicted octanol–water partition coefficient (Wildman–Crippen LogP) is 5.13. The van der Waals surface area contributed by atoms with Crippen molar-refractivity contribution in [1.29, 1.82) is 0 Å². The number of piperidine rings is 1. The Morgan fingerprint density at radius 2 is 1.79 bits per heavy atom. The van der Waals surface area contributed by atoms with E-state index in [9.17, 15) is 9.59 Å². The molecule has 2 aromatic carbocycles. The van der Waals surface area contributed by atoms with Gasteiger partial charge in [-0.1, -0.05) is 38.0 Å². The molecule has 29 heavy (non-hydrogen) atoms. The molecule has 3 rings (SSSR count). The number of anilines is 1. The van der Waals surface area contributed by atoms with E-state index in [0.29, 0.717) is 29.2 Å². The van der Waals surface area contributed by atoms with Crippen molar-refractivity contribution < 1.29 is 14.3 Å². The number of carbonyl (C=O) groups is 2. The lowest BCUT2D eigenvalue weighted by molar-refractivity contribution is 0.0724. The van der Waals surface area contributed by atoms with Crippen LogP contribution in [0.4, 0.5) is 5.69 Å². The van der Waals surface area contributed by atoms with Gasteiger partial charge in [-0.3, -0.25) is 9.59 Å². The van der Waals surface area contributed by atoms with Crippen LogP contribution in [0.5, 0.6) is 5.75 Å². The minimum Gasteiger partial charge on any atom is -0.493 e. The van der Waals surface area contributed by atoms with Crippen molar-refractivity contribution in [2.75, 3.05) is 25.0 Å². The van der Waals surface area contributed by atoms with E-state index in [2.05, 4.69) is 12.2 Å². The first-order chi connectivity index (χ1) is 14.2. The van der Waals surface area contributed by atoms with Crippen molar-refractivity contribution in [2.45, 2.75) is 45.4 Å². The van der Waals surface area contributed by atoms with Gasteiger partial charge in [-0.25, -0.2) is 0 Å². The minimum absolute atomic E-state index is 0.0282. The molecule has 1 aliphatic heterocycles. The van der Waals surface area contributed by atoms with Crippen LogP contribution in [0.2, 0.25) is 0 Å². The van der Waals surface area contributed by atoms with Crippen LogP contribution in [0.25, 0.3) is 0 Å². The number of ether oxygens (including phenoxy) is 1. The van der Waals surface area contributed by atoms with Gasteiger partial charge >= 0.3 is 0 Å². The van der Waals surface area contributed by atoms with E-state index >= 15 is 0 Å². The number of likely N-dealkylation sites (tertiary alicyclic amines) is 1. The number of carbonyl (C=O) groups excluding carboxylic acids is 2. The van der Waals surface area contributed by atoms with Crippen LogP contribution < -0.4 is 10.1 Å². The molecule has 1 fully saturated rings. The Labute approximate surface area is 173 Å². The van der Waals surface area contributed by atoms with Gasteiger partial charge in [-0.05, 0) is 56.0 Å². The molecule has 0 saturated carbocycles. The fraction of sp³-hybridized carbons (Fsp3) is 0.417. The van der Waals surface area contributed by atoms with Crippen molar-refractivity contribution in [1.82, 2.24) is 4.90 Å². The van der Waals surface area contributed by atoms with Gasteiger partial charge in [-0.2, -0.15) is 0 Å². The summed E-state index contributed by atoms with van der Waals surface area (Å²) in [5, 5.41) is 2.91. The molecule has 154 valence electrons. The first-order valence-corrected chi connectivity index (χ1v) is 10.6. The average molecular weight is 395 g/mol. The number of nitrogens with zero attached hydrogens (tertiary/aromatic N) is 1. The molecule has 0 bridgehead atoms. The highest BCUT2D eigenvalue weighted by Crippen LogP contribution is 2.21. The van der Waals surface area contributed by atoms with Gasteiger partial charge in [0.15, 0.2) is 0 Å². The third kappa shape index (κ3) is 5.83. The molecule has 0 unspecified atom stereocenters. The maximum atomic E-state index is 12.8. The molecule has 0 aromatic heterocycles. The van der Waals surface area contributed by atoms with Crippen LogP contribution in [-0.2, 0) is 0 Å². The summed E-state index contributed by atoms with van der Waals surface area (Å²) in [6.07, 6.45) is 6.48. The highest BCUT2D eigenvalue weighted by Gasteiger charge is 2.19. The molecule has 5 heteroatoms. The molecule has 1 aliphatic rings. The standard InChI is InChI=1S/C24H30N2O3/c1-2-3-9-17-29-22-14-6-5-13-21(22)23(27)25-20-12-10-11-19(18-20)24(28)26-15-7-4-8-16-26/h5-6,10-14,18H,2-4,7-9,15-17H2,1H3,(H,25,27). The van der Waals surface area contributed by atoms with Crippen molar-refractivity contribution in [3.8, 4) is 5.75 Å². The van der Waals surface area contributed by atoms with Gasteiger partial charge in [-0.15, -0.1) is 0 Å². The second-order valence-electron chi connectivity index (χ2n) is 7.44. The largest absolute Gasteiger partial charge is 0.493 e. The zero-order valence-electron chi connectivity index (χ0n) is 17.2. The molecule has 0 radical (unpaired) electrons. The fourth-order valence-electron chi connectivity index (χ4n) is 3.52. The second kappa shape index (κ2) is 10.6. The number of hydrogen-bond acceptors (Lipinski definition) is 3. The minimum atomic E-state index is -0.237. The van der Waals surface area contributed by atoms with E-state index in [0.717, 1.165) is 45.2 Å². The summed E-state index contributed by atoms with van der Waals surface area (Å²) in [6.45, 7) is 4.35. The third-order valence-corrected chi connectivity index (χ3v) is 5.15. The lowest BCUT2D eigenvalue weighted by Gasteiger charge is -2.26. The van der Waals surface area contributed by atoms with Crippen molar-refractivity contribution in [3.05, 3.63) is 59.7 Å². The molecule has 2 amide bonds. The van der Waals surface area contributed by atoms with Gasteiger partial charge in [0.2, 0.25) is 0 Å². The molecular formula is C24H30N2O3. The number of benzene rings is 2. The van der Waals surface area contributed by atoms with Gasteiger partial charge in [0.05, 0.1) is 12.2 Å². The highest BCUT2D eigenvalue weighted by atomic mass is 16.5. The quantitative estimate of drug-likeness (QED) is 0.631. The average Bonchev–Trinajstić information content (AvgIpc) is 2.77. The molecule has 1 heterocycles. The van der Waals surface area contributed by atoms with Gasteiger partial charge in [0, 0.05) is 24.3 Å². The number of amides is 2. The Balaban J connectivity index is 1.67. The zero-order valence-corrected chi connectivity index (χ0v) is 17.2. The second-order valence-corrected chi connectivity index (χ2v) is 7.44. The van der Waals surface area contributed by atoms with Gasteiger partial charge in [0.25, 0.3) is 11.8 Å². The van der Waals surface area contributed by atoms with Crippen molar-refractivity contribution >= 4 is 17.5 Å². The molecule has 1 N–H and O–H groups in total. The Kier molecular flexibility index (Phi) is 7.68. The first kappa shape index (κ1) is 20.9. The SMILES string of the molecule is CCCCCOc1ccccc1C(=O)Nc1cccc(C(=O)N2CCCCC2)c1. The van der Waals surface area contributed by atoms with Gasteiger partial charge in [0.1, 0.15) is 5.75 Å². The molecule has 1 saturated heterocycles. The lowest BCUT2D eigenvalue weighted by atomic mass is 10.1. The summed E-state index contributed by atoms with van der Waals surface area (Å²) in [5.74, 6) is 0.376. The van der Waals surface area contributed by atoms with Crippen LogP contribution in [0, 0.1) is 0 Å². The van der Waals surface area contributed by atoms with Crippen molar-refractivity contribution in [3.63, 3.8) is 0 Å². The summed E-state index contributed by atoms with van der Waals surface area (Å²) >= 11 is 0. The van der Waals surface area contributed by atoms with E-state index in [1.807, 2.05) is 23.1 Å². The van der Waals surface area contributed by atoms with E-state index in [-0.39, 0.29) is 11.8 Å². The maximum Gasteiger partial charge on any atom is 0.259 e. The van der Waals surface area contributed by atoms with E-state index in [1.165, 1.54) is 6.42 Å². The van der Waals surface area contributed by atoms with E-state index in [1.54, 1.807) is 30.3 Å². The molecular weight excluding hydrogens is 364 g/mol. The molecule has 2 aromatic rings. The van der Waals surface area contributed by atoms with Gasteiger partial charge < -0.3 is 15.0 Å². The Bertz CT molecular complexity index is 828. The Morgan fingerprint density at radius 3 is 2.59 bits per heavy atom. The van der Waals surface area contributed by atoms with E-state index in [4.69, 9.17) is 4.74 Å². The first-order valence-electron chi connectivity index (χ1n) is 10.6. The number of rotatable bonds is 8. The molecule has 0 atom stereocenters. The summed E-state index contributed by atoms with van der Waals surface area (Å²) in [4.78, 5) is 27.4. The highest BCUT2D eigenvalue weighted by molar-refractivity contribution is 6.06. The predicted molar refractivity (Wildman–Crippen MR) is 116 cm³/mol. The summed E-state index contributed by atoms with van der Waals surface area (Å²) in [5.41, 5.74) is 1.71. The smallest absolute Gasteiger partial charge is 0.259 e. The number of para-hydroxylation sites is 1. The number of nitrogens with one attached hydrogen (secondary N) is 1. The van der Waals surface area contributed by atoms with Crippen molar-refractivity contribution in [2.24, 2.45) is 0 Å². The van der Waals surface area contributed by atoms with Crippen LogP contribution in [0.1, 0.15) is 66.2 Å². The molecule has 0 aliphatic carbocycles. The third-order valence-electron chi connectivity index (χ3n) is 5.15. The summed E-state index contributed by atoms with van der Waals surface area (Å²) in [7, 11) is 0. The van der Waals surface area contributed by atoms with Crippen LogP contribution in [-0.4, -0.2) is 36.4 Å². The maximum absolute atomic E-state index is 12.8. The summed E-state index contributed by atoms with van der Waals surface area (Å²) in [6, 6.07) is 14.4. The molecule has 5 nitrogen and oxygen atoms in total. The number of hydrogen-bond donors (Lipinski definition) is 1. The summed E-state index contributed by atoms with van der Waals surface area (Å²) < 4.78 is 5.82. The van der Waals surface area contributed by atoms with E-state index < -0.39 is 0 Å².